The number of ether oxygens (including phenoxy) is 1. The topological polar surface area (TPSA) is 92.7 Å². The number of halogens is 1. The number of carbonyl (C=O) groups excluding carboxylic acids is 1. The van der Waals surface area contributed by atoms with E-state index >= 15 is 0 Å². The Morgan fingerprint density at radius 1 is 1.22 bits per heavy atom. The van der Waals surface area contributed by atoms with Crippen molar-refractivity contribution in [2.45, 2.75) is 43.0 Å². The van der Waals surface area contributed by atoms with Crippen LogP contribution < -0.4 is 9.64 Å². The number of nitrogens with zero attached hydrogens (tertiary/aromatic N) is 4. The van der Waals surface area contributed by atoms with Crippen molar-refractivity contribution in [3.63, 3.8) is 0 Å². The SMILES string of the molecule is COc1ccc(C)c2sc(N(Cc3cccnc3)C(=O)C3CCCCN3S(=O)(=O)c3ccc(Cl)s3)nc12. The normalized spacial score (nSPS) is 16.7. The van der Waals surface area contributed by atoms with Crippen LogP contribution in [0, 0.1) is 6.92 Å². The number of hydrogen-bond donors (Lipinski definition) is 0. The van der Waals surface area contributed by atoms with Crippen LogP contribution in [-0.2, 0) is 21.4 Å². The van der Waals surface area contributed by atoms with Gasteiger partial charge in [-0.25, -0.2) is 13.4 Å². The van der Waals surface area contributed by atoms with E-state index in [0.29, 0.717) is 33.6 Å². The van der Waals surface area contributed by atoms with Gasteiger partial charge in [0.25, 0.3) is 10.0 Å². The van der Waals surface area contributed by atoms with Crippen molar-refractivity contribution in [3.8, 4) is 5.75 Å². The number of aryl methyl sites for hydroxylation is 1. The lowest BCUT2D eigenvalue weighted by molar-refractivity contribution is -0.123. The highest BCUT2D eigenvalue weighted by Gasteiger charge is 2.41. The second kappa shape index (κ2) is 10.7. The molecule has 1 fully saturated rings. The molecule has 37 heavy (non-hydrogen) atoms. The number of fused-ring (bicyclic) bond motifs is 1. The van der Waals surface area contributed by atoms with Gasteiger partial charge in [-0.15, -0.1) is 11.3 Å². The van der Waals surface area contributed by atoms with Crippen LogP contribution in [0.1, 0.15) is 30.4 Å². The number of thiophene rings is 1. The summed E-state index contributed by atoms with van der Waals surface area (Å²) in [5.74, 6) is 0.304. The summed E-state index contributed by atoms with van der Waals surface area (Å²) in [7, 11) is -2.31. The number of carbonyl (C=O) groups is 1. The molecular formula is C25H25ClN4O4S3. The van der Waals surface area contributed by atoms with Gasteiger partial charge in [0, 0.05) is 18.9 Å². The fourth-order valence-electron chi connectivity index (χ4n) is 4.46. The number of rotatable bonds is 7. The van der Waals surface area contributed by atoms with Crippen molar-refractivity contribution in [1.29, 1.82) is 0 Å². The summed E-state index contributed by atoms with van der Waals surface area (Å²) in [6.07, 6.45) is 5.23. The average molecular weight is 577 g/mol. The maximum Gasteiger partial charge on any atom is 0.253 e. The molecule has 0 radical (unpaired) electrons. The van der Waals surface area contributed by atoms with Crippen LogP contribution >= 0.6 is 34.3 Å². The number of benzene rings is 1. The number of pyridine rings is 1. The second-order valence-electron chi connectivity index (χ2n) is 8.73. The van der Waals surface area contributed by atoms with E-state index in [1.807, 2.05) is 25.1 Å². The number of anilines is 1. The van der Waals surface area contributed by atoms with E-state index in [4.69, 9.17) is 21.3 Å². The minimum absolute atomic E-state index is 0.136. The third-order valence-electron chi connectivity index (χ3n) is 6.32. The molecule has 3 aromatic heterocycles. The zero-order chi connectivity index (χ0) is 26.2. The molecule has 5 rings (SSSR count). The zero-order valence-corrected chi connectivity index (χ0v) is 23.5. The number of piperidine rings is 1. The van der Waals surface area contributed by atoms with E-state index in [-0.39, 0.29) is 23.2 Å². The van der Waals surface area contributed by atoms with Crippen molar-refractivity contribution < 1.29 is 17.9 Å². The molecule has 0 saturated carbocycles. The Morgan fingerprint density at radius 3 is 2.76 bits per heavy atom. The smallest absolute Gasteiger partial charge is 0.253 e. The molecular weight excluding hydrogens is 552 g/mol. The summed E-state index contributed by atoms with van der Waals surface area (Å²) < 4.78 is 35.4. The third-order valence-corrected chi connectivity index (χ3v) is 11.1. The summed E-state index contributed by atoms with van der Waals surface area (Å²) in [4.78, 5) is 24.8. The zero-order valence-electron chi connectivity index (χ0n) is 20.3. The van der Waals surface area contributed by atoms with E-state index in [0.717, 1.165) is 33.6 Å². The van der Waals surface area contributed by atoms with E-state index in [9.17, 15) is 13.2 Å². The summed E-state index contributed by atoms with van der Waals surface area (Å²) in [5.41, 5.74) is 2.51. The van der Waals surface area contributed by atoms with Crippen LogP contribution in [0.4, 0.5) is 5.13 Å². The van der Waals surface area contributed by atoms with Gasteiger partial charge in [-0.2, -0.15) is 4.31 Å². The predicted octanol–water partition coefficient (Wildman–Crippen LogP) is 5.50. The monoisotopic (exact) mass is 576 g/mol. The van der Waals surface area contributed by atoms with Crippen molar-refractivity contribution in [1.82, 2.24) is 14.3 Å². The van der Waals surface area contributed by atoms with Gasteiger partial charge in [0.1, 0.15) is 21.5 Å². The summed E-state index contributed by atoms with van der Waals surface area (Å²) in [6.45, 7) is 2.46. The molecule has 4 heterocycles. The summed E-state index contributed by atoms with van der Waals surface area (Å²) in [5, 5.41) is 0.485. The first-order valence-corrected chi connectivity index (χ1v) is 15.2. The molecule has 194 valence electrons. The molecule has 0 spiro atoms. The molecule has 4 aromatic rings. The van der Waals surface area contributed by atoms with Crippen molar-refractivity contribution >= 4 is 65.6 Å². The maximum absolute atomic E-state index is 14.2. The summed E-state index contributed by atoms with van der Waals surface area (Å²) in [6, 6.07) is 9.71. The van der Waals surface area contributed by atoms with Crippen LogP contribution in [-0.4, -0.2) is 48.3 Å². The van der Waals surface area contributed by atoms with Gasteiger partial charge in [0.15, 0.2) is 5.13 Å². The van der Waals surface area contributed by atoms with E-state index in [1.165, 1.54) is 21.7 Å². The predicted molar refractivity (Wildman–Crippen MR) is 147 cm³/mol. The molecule has 1 amide bonds. The van der Waals surface area contributed by atoms with E-state index in [1.54, 1.807) is 36.5 Å². The van der Waals surface area contributed by atoms with Crippen molar-refractivity contribution in [2.24, 2.45) is 0 Å². The number of aromatic nitrogens is 2. The molecule has 0 aliphatic carbocycles. The molecule has 1 unspecified atom stereocenters. The molecule has 1 aliphatic rings. The number of amides is 1. The number of hydrogen-bond acceptors (Lipinski definition) is 8. The number of sulfonamides is 1. The highest BCUT2D eigenvalue weighted by Crippen LogP contribution is 2.38. The van der Waals surface area contributed by atoms with Gasteiger partial charge in [0.05, 0.1) is 22.7 Å². The lowest BCUT2D eigenvalue weighted by Gasteiger charge is -2.35. The van der Waals surface area contributed by atoms with Gasteiger partial charge in [-0.05, 0) is 55.2 Å². The fourth-order valence-corrected chi connectivity index (χ4v) is 8.78. The van der Waals surface area contributed by atoms with Crippen LogP contribution in [0.15, 0.2) is 53.0 Å². The van der Waals surface area contributed by atoms with E-state index in [2.05, 4.69) is 4.98 Å². The lowest BCUT2D eigenvalue weighted by atomic mass is 10.0. The van der Waals surface area contributed by atoms with E-state index < -0.39 is 16.1 Å². The molecule has 12 heteroatoms. The molecule has 1 aromatic carbocycles. The van der Waals surface area contributed by atoms with Gasteiger partial charge >= 0.3 is 0 Å². The van der Waals surface area contributed by atoms with Gasteiger partial charge in [0.2, 0.25) is 5.91 Å². The second-order valence-corrected chi connectivity index (χ2v) is 13.5. The quantitative estimate of drug-likeness (QED) is 0.288. The lowest BCUT2D eigenvalue weighted by Crippen LogP contribution is -2.52. The molecule has 1 saturated heterocycles. The number of thiazole rings is 1. The molecule has 8 nitrogen and oxygen atoms in total. The standard InChI is InChI=1S/C25H25ClN4O4S3/c1-16-8-9-19(34-2)22-23(16)36-25(28-22)29(15-17-6-5-12-27-14-17)24(31)18-7-3-4-13-30(18)37(32,33)21-11-10-20(26)35-21/h5-6,8-12,14,18H,3-4,7,13,15H2,1-2H3. The van der Waals surface area contributed by atoms with Gasteiger partial charge in [-0.3, -0.25) is 14.7 Å². The minimum atomic E-state index is -3.90. The molecule has 0 N–H and O–H groups in total. The van der Waals surface area contributed by atoms with Crippen LogP contribution in [0.25, 0.3) is 10.2 Å². The third kappa shape index (κ3) is 5.10. The Labute approximate surface area is 228 Å². The Kier molecular flexibility index (Phi) is 7.51. The molecule has 0 bridgehead atoms. The van der Waals surface area contributed by atoms with Crippen molar-refractivity contribution in [3.05, 3.63) is 64.3 Å². The molecule has 1 atom stereocenters. The Bertz CT molecular complexity index is 1540. The number of methoxy groups -OCH3 is 1. The average Bonchev–Trinajstić information content (AvgIpc) is 3.56. The first kappa shape index (κ1) is 26.1. The van der Waals surface area contributed by atoms with Gasteiger partial charge in [-0.1, -0.05) is 41.5 Å². The summed E-state index contributed by atoms with van der Waals surface area (Å²) >= 11 is 8.43. The Morgan fingerprint density at radius 2 is 2.05 bits per heavy atom. The van der Waals surface area contributed by atoms with Gasteiger partial charge < -0.3 is 4.74 Å². The minimum Gasteiger partial charge on any atom is -0.494 e. The maximum atomic E-state index is 14.2. The first-order chi connectivity index (χ1) is 17.8. The fraction of sp³-hybridized carbons (Fsp3) is 0.320. The van der Waals surface area contributed by atoms with Crippen LogP contribution in [0.3, 0.4) is 0 Å². The molecule has 1 aliphatic heterocycles. The Hall–Kier alpha value is -2.57. The first-order valence-electron chi connectivity index (χ1n) is 11.7. The highest BCUT2D eigenvalue weighted by atomic mass is 35.5. The Balaban J connectivity index is 1.58. The van der Waals surface area contributed by atoms with Crippen molar-refractivity contribution in [2.75, 3.05) is 18.6 Å². The van der Waals surface area contributed by atoms with Crippen LogP contribution in [0.2, 0.25) is 4.34 Å². The highest BCUT2D eigenvalue weighted by molar-refractivity contribution is 7.91. The largest absolute Gasteiger partial charge is 0.494 e. The van der Waals surface area contributed by atoms with Crippen LogP contribution in [0.5, 0.6) is 5.75 Å².